The monoisotopic (exact) mass is 498 g/mol. The lowest BCUT2D eigenvalue weighted by Crippen LogP contribution is -2.43. The van der Waals surface area contributed by atoms with Gasteiger partial charge in [-0.05, 0) is 35.4 Å². The van der Waals surface area contributed by atoms with E-state index in [1.165, 1.54) is 9.80 Å². The van der Waals surface area contributed by atoms with Gasteiger partial charge in [0.2, 0.25) is 0 Å². The minimum absolute atomic E-state index is 0.0461. The van der Waals surface area contributed by atoms with E-state index in [1.54, 1.807) is 72.8 Å². The van der Waals surface area contributed by atoms with Gasteiger partial charge in [0.15, 0.2) is 0 Å². The van der Waals surface area contributed by atoms with E-state index < -0.39 is 12.1 Å². The summed E-state index contributed by atoms with van der Waals surface area (Å²) in [6, 6.07) is 38.4. The van der Waals surface area contributed by atoms with Gasteiger partial charge in [-0.3, -0.25) is 9.59 Å². The van der Waals surface area contributed by atoms with Crippen LogP contribution >= 0.6 is 0 Å². The maximum absolute atomic E-state index is 13.7. The molecule has 38 heavy (non-hydrogen) atoms. The van der Waals surface area contributed by atoms with Gasteiger partial charge in [-0.15, -0.1) is 0 Å². The second kappa shape index (κ2) is 12.7. The van der Waals surface area contributed by atoms with Crippen molar-refractivity contribution in [3.05, 3.63) is 144 Å². The molecule has 0 aliphatic heterocycles. The minimum atomic E-state index is -0.880. The summed E-state index contributed by atoms with van der Waals surface area (Å²) in [4.78, 5) is 30.3. The molecular weight excluding hydrogens is 472 g/mol. The average Bonchev–Trinajstić information content (AvgIpc) is 2.99. The summed E-state index contributed by atoms with van der Waals surface area (Å²) in [5, 5.41) is 20.3. The quantitative estimate of drug-likeness (QED) is 0.292. The first-order valence-electron chi connectivity index (χ1n) is 12.2. The van der Waals surface area contributed by atoms with Gasteiger partial charge >= 0.3 is 0 Å². The predicted octanol–water partition coefficient (Wildman–Crippen LogP) is 5.80. The van der Waals surface area contributed by atoms with Crippen LogP contribution in [0.5, 0.6) is 0 Å². The molecule has 6 nitrogen and oxygen atoms in total. The van der Waals surface area contributed by atoms with E-state index in [1.807, 2.05) is 48.5 Å². The van der Waals surface area contributed by atoms with Crippen molar-refractivity contribution in [2.24, 2.45) is 0 Å². The number of nitriles is 2. The van der Waals surface area contributed by atoms with Gasteiger partial charge in [-0.1, -0.05) is 97.1 Å². The number of benzene rings is 4. The molecule has 0 radical (unpaired) electrons. The molecule has 0 aromatic heterocycles. The van der Waals surface area contributed by atoms with E-state index >= 15 is 0 Å². The van der Waals surface area contributed by atoms with Crippen molar-refractivity contribution in [2.45, 2.75) is 12.1 Å². The molecule has 6 heteroatoms. The van der Waals surface area contributed by atoms with Crippen LogP contribution in [0.3, 0.4) is 0 Å². The Kier molecular flexibility index (Phi) is 8.63. The zero-order chi connectivity index (χ0) is 26.7. The zero-order valence-electron chi connectivity index (χ0n) is 20.7. The first-order valence-corrected chi connectivity index (χ1v) is 12.2. The molecule has 2 atom stereocenters. The Morgan fingerprint density at radius 2 is 0.816 bits per heavy atom. The van der Waals surface area contributed by atoms with Gasteiger partial charge in [0.1, 0.15) is 12.1 Å². The van der Waals surface area contributed by atoms with Crippen LogP contribution in [-0.4, -0.2) is 34.7 Å². The van der Waals surface area contributed by atoms with Crippen molar-refractivity contribution in [3.63, 3.8) is 0 Å². The van der Waals surface area contributed by atoms with E-state index in [4.69, 9.17) is 0 Å². The predicted molar refractivity (Wildman–Crippen MR) is 145 cm³/mol. The number of hydrogen-bond donors (Lipinski definition) is 0. The third kappa shape index (κ3) is 5.95. The Morgan fingerprint density at radius 3 is 1.11 bits per heavy atom. The Morgan fingerprint density at radius 1 is 0.526 bits per heavy atom. The molecule has 186 valence electrons. The van der Waals surface area contributed by atoms with Crippen molar-refractivity contribution in [1.82, 2.24) is 9.80 Å². The number of nitrogens with zero attached hydrogens (tertiary/aromatic N) is 4. The molecule has 4 aromatic rings. The molecule has 0 spiro atoms. The lowest BCUT2D eigenvalue weighted by molar-refractivity contribution is 0.0605. The van der Waals surface area contributed by atoms with Gasteiger partial charge in [0.05, 0.1) is 12.1 Å². The summed E-state index contributed by atoms with van der Waals surface area (Å²) in [5.74, 6) is -0.664. The molecule has 4 aromatic carbocycles. The molecule has 0 saturated heterocycles. The van der Waals surface area contributed by atoms with Crippen LogP contribution in [0.2, 0.25) is 0 Å². The zero-order valence-corrected chi connectivity index (χ0v) is 20.7. The largest absolute Gasteiger partial charge is 0.317 e. The Labute approximate surface area is 222 Å². The second-order valence-corrected chi connectivity index (χ2v) is 8.61. The normalized spacial score (nSPS) is 11.8. The van der Waals surface area contributed by atoms with Gasteiger partial charge in [0.25, 0.3) is 11.8 Å². The van der Waals surface area contributed by atoms with Crippen LogP contribution in [0.1, 0.15) is 43.9 Å². The number of rotatable bonds is 9. The van der Waals surface area contributed by atoms with Gasteiger partial charge in [0, 0.05) is 24.2 Å². The van der Waals surface area contributed by atoms with Crippen molar-refractivity contribution >= 4 is 11.8 Å². The molecule has 0 N–H and O–H groups in total. The fourth-order valence-corrected chi connectivity index (χ4v) is 4.32. The number of carbonyl (C=O) groups is 2. The lowest BCUT2D eigenvalue weighted by Gasteiger charge is -2.33. The standard InChI is InChI=1S/C32H26N4O2/c33-23-29(25-13-5-1-6-14-25)35(31(37)27-17-9-3-10-18-27)21-22-36(32(38)28-19-11-4-12-20-28)30(24-34)26-15-7-2-8-16-26/h1-20,29-30H,21-22H2. The number of carbonyl (C=O) groups excluding carboxylic acids is 2. The molecule has 0 aliphatic rings. The molecule has 2 unspecified atom stereocenters. The second-order valence-electron chi connectivity index (χ2n) is 8.61. The van der Waals surface area contributed by atoms with E-state index in [0.29, 0.717) is 22.3 Å². The fourth-order valence-electron chi connectivity index (χ4n) is 4.32. The van der Waals surface area contributed by atoms with Crippen LogP contribution in [0, 0.1) is 22.7 Å². The van der Waals surface area contributed by atoms with E-state index in [2.05, 4.69) is 12.1 Å². The fraction of sp³-hybridized carbons (Fsp3) is 0.125. The first-order chi connectivity index (χ1) is 18.6. The summed E-state index contributed by atoms with van der Waals surface area (Å²) >= 11 is 0. The average molecular weight is 499 g/mol. The van der Waals surface area contributed by atoms with Crippen LogP contribution in [-0.2, 0) is 0 Å². The molecule has 2 amide bonds. The van der Waals surface area contributed by atoms with Crippen LogP contribution in [0.4, 0.5) is 0 Å². The molecule has 0 aliphatic carbocycles. The van der Waals surface area contributed by atoms with Crippen molar-refractivity contribution < 1.29 is 9.59 Å². The summed E-state index contributed by atoms with van der Waals surface area (Å²) < 4.78 is 0. The van der Waals surface area contributed by atoms with Gasteiger partial charge in [-0.2, -0.15) is 10.5 Å². The topological polar surface area (TPSA) is 88.2 Å². The number of amides is 2. The molecule has 0 bridgehead atoms. The summed E-state index contributed by atoms with van der Waals surface area (Å²) in [7, 11) is 0. The maximum Gasteiger partial charge on any atom is 0.255 e. The smallest absolute Gasteiger partial charge is 0.255 e. The Balaban J connectivity index is 1.72. The minimum Gasteiger partial charge on any atom is -0.317 e. The van der Waals surface area contributed by atoms with E-state index in [0.717, 1.165) is 0 Å². The Bertz CT molecular complexity index is 1320. The van der Waals surface area contributed by atoms with E-state index in [-0.39, 0.29) is 24.9 Å². The molecular formula is C32H26N4O2. The van der Waals surface area contributed by atoms with Crippen molar-refractivity contribution in [1.29, 1.82) is 10.5 Å². The van der Waals surface area contributed by atoms with E-state index in [9.17, 15) is 20.1 Å². The van der Waals surface area contributed by atoms with Crippen LogP contribution in [0.25, 0.3) is 0 Å². The third-order valence-electron chi connectivity index (χ3n) is 6.24. The van der Waals surface area contributed by atoms with Gasteiger partial charge < -0.3 is 9.80 Å². The summed E-state index contributed by atoms with van der Waals surface area (Å²) in [6.07, 6.45) is 0. The molecule has 4 rings (SSSR count). The summed E-state index contributed by atoms with van der Waals surface area (Å²) in [5.41, 5.74) is 2.20. The highest BCUT2D eigenvalue weighted by Gasteiger charge is 2.30. The number of hydrogen-bond acceptors (Lipinski definition) is 4. The third-order valence-corrected chi connectivity index (χ3v) is 6.24. The highest BCUT2D eigenvalue weighted by Crippen LogP contribution is 2.26. The molecule has 0 heterocycles. The first kappa shape index (κ1) is 25.9. The van der Waals surface area contributed by atoms with Crippen molar-refractivity contribution in [3.8, 4) is 12.1 Å². The summed E-state index contributed by atoms with van der Waals surface area (Å²) in [6.45, 7) is 0.0921. The highest BCUT2D eigenvalue weighted by molar-refractivity contribution is 5.96. The van der Waals surface area contributed by atoms with Crippen LogP contribution < -0.4 is 0 Å². The highest BCUT2D eigenvalue weighted by atomic mass is 16.2. The van der Waals surface area contributed by atoms with Crippen LogP contribution in [0.15, 0.2) is 121 Å². The maximum atomic E-state index is 13.7. The SMILES string of the molecule is N#CC(c1ccccc1)N(CCN(C(=O)c1ccccc1)C(C#N)c1ccccc1)C(=O)c1ccccc1. The van der Waals surface area contributed by atoms with Crippen molar-refractivity contribution in [2.75, 3.05) is 13.1 Å². The molecule has 0 fully saturated rings. The Hall–Kier alpha value is -5.20. The molecule has 0 saturated carbocycles. The van der Waals surface area contributed by atoms with Gasteiger partial charge in [-0.25, -0.2) is 0 Å². The lowest BCUT2D eigenvalue weighted by atomic mass is 10.0.